The SMILES string of the molecule is CO/C=N\c1cn(S(C)(=O)=O)c(=O)[nH]1. The summed E-state index contributed by atoms with van der Waals surface area (Å²) in [4.78, 5) is 16.9. The standard InChI is InChI=1S/C6H9N3O4S/c1-13-4-7-5-3-9(6(10)8-5)14(2,11)12/h3-4H,1-2H3,(H,8,10)/b7-4-. The zero-order valence-corrected chi connectivity index (χ0v) is 8.41. The average Bonchev–Trinajstić information content (AvgIpc) is 2.42. The molecular weight excluding hydrogens is 210 g/mol. The van der Waals surface area contributed by atoms with Crippen LogP contribution in [0.2, 0.25) is 0 Å². The van der Waals surface area contributed by atoms with E-state index in [1.807, 2.05) is 0 Å². The van der Waals surface area contributed by atoms with Crippen LogP contribution in [0.1, 0.15) is 0 Å². The third kappa shape index (κ3) is 2.22. The predicted octanol–water partition coefficient (Wildman–Crippen LogP) is -0.710. The highest BCUT2D eigenvalue weighted by Gasteiger charge is 2.10. The van der Waals surface area contributed by atoms with Crippen LogP contribution in [-0.4, -0.2) is 37.1 Å². The maximum atomic E-state index is 11.1. The quantitative estimate of drug-likeness (QED) is 0.536. The fourth-order valence-corrected chi connectivity index (χ4v) is 1.43. The van der Waals surface area contributed by atoms with Crippen molar-refractivity contribution >= 4 is 22.2 Å². The maximum absolute atomic E-state index is 11.1. The molecular formula is C6H9N3O4S. The first-order valence-corrected chi connectivity index (χ1v) is 5.37. The van der Waals surface area contributed by atoms with Crippen molar-refractivity contribution in [1.82, 2.24) is 8.96 Å². The summed E-state index contributed by atoms with van der Waals surface area (Å²) in [5, 5.41) is 0. The smallest absolute Gasteiger partial charge is 0.341 e. The first-order valence-electron chi connectivity index (χ1n) is 3.52. The van der Waals surface area contributed by atoms with E-state index >= 15 is 0 Å². The van der Waals surface area contributed by atoms with Gasteiger partial charge in [-0.15, -0.1) is 0 Å². The van der Waals surface area contributed by atoms with Crippen LogP contribution in [0, 0.1) is 0 Å². The zero-order chi connectivity index (χ0) is 10.8. The van der Waals surface area contributed by atoms with E-state index in [0.717, 1.165) is 18.9 Å². The number of H-pyrrole nitrogens is 1. The first-order chi connectivity index (χ1) is 6.45. The molecule has 0 fully saturated rings. The number of imidazole rings is 1. The Hall–Kier alpha value is -1.57. The largest absolute Gasteiger partial charge is 0.486 e. The van der Waals surface area contributed by atoms with Crippen molar-refractivity contribution in [2.75, 3.05) is 13.4 Å². The number of hydrogen-bond acceptors (Lipinski definition) is 5. The van der Waals surface area contributed by atoms with Gasteiger partial charge in [0.25, 0.3) is 0 Å². The summed E-state index contributed by atoms with van der Waals surface area (Å²) in [6, 6.07) is 0. The number of rotatable bonds is 3. The second kappa shape index (κ2) is 3.66. The van der Waals surface area contributed by atoms with Crippen LogP contribution >= 0.6 is 0 Å². The molecule has 0 aliphatic carbocycles. The fourth-order valence-electron chi connectivity index (χ4n) is 0.788. The molecule has 1 aromatic heterocycles. The third-order valence-corrected chi connectivity index (χ3v) is 2.32. The monoisotopic (exact) mass is 219 g/mol. The van der Waals surface area contributed by atoms with Crippen LogP contribution < -0.4 is 5.69 Å². The van der Waals surface area contributed by atoms with Crippen LogP contribution in [0.3, 0.4) is 0 Å². The fraction of sp³-hybridized carbons (Fsp3) is 0.333. The Morgan fingerprint density at radius 3 is 2.71 bits per heavy atom. The summed E-state index contributed by atoms with van der Waals surface area (Å²) in [5.74, 6) is 0.113. The van der Waals surface area contributed by atoms with Gasteiger partial charge in [0.1, 0.15) is 0 Å². The third-order valence-electron chi connectivity index (χ3n) is 1.33. The number of hydrogen-bond donors (Lipinski definition) is 1. The first kappa shape index (κ1) is 10.5. The van der Waals surface area contributed by atoms with E-state index in [9.17, 15) is 13.2 Å². The van der Waals surface area contributed by atoms with Gasteiger partial charge in [-0.3, -0.25) is 4.98 Å². The van der Waals surface area contributed by atoms with Gasteiger partial charge in [-0.05, 0) is 0 Å². The number of aliphatic imine (C=N–C) groups is 1. The molecule has 0 bridgehead atoms. The maximum Gasteiger partial charge on any atom is 0.341 e. The van der Waals surface area contributed by atoms with Crippen molar-refractivity contribution in [2.45, 2.75) is 0 Å². The van der Waals surface area contributed by atoms with Gasteiger partial charge in [-0.2, -0.15) is 3.97 Å². The zero-order valence-electron chi connectivity index (χ0n) is 7.59. The minimum atomic E-state index is -3.58. The highest BCUT2D eigenvalue weighted by molar-refractivity contribution is 7.89. The molecule has 0 aliphatic rings. The molecule has 0 radical (unpaired) electrons. The molecule has 0 atom stereocenters. The Morgan fingerprint density at radius 1 is 1.64 bits per heavy atom. The molecule has 0 saturated carbocycles. The number of nitrogens with zero attached hydrogens (tertiary/aromatic N) is 2. The van der Waals surface area contributed by atoms with Crippen LogP contribution in [0.25, 0.3) is 0 Å². The van der Waals surface area contributed by atoms with Crippen molar-refractivity contribution in [3.63, 3.8) is 0 Å². The van der Waals surface area contributed by atoms with Gasteiger partial charge in [0, 0.05) is 0 Å². The lowest BCUT2D eigenvalue weighted by molar-refractivity contribution is 0.423. The summed E-state index contributed by atoms with van der Waals surface area (Å²) >= 11 is 0. The number of ether oxygens (including phenoxy) is 1. The van der Waals surface area contributed by atoms with Crippen molar-refractivity contribution in [3.8, 4) is 0 Å². The molecule has 0 saturated heterocycles. The molecule has 1 N–H and O–H groups in total. The van der Waals surface area contributed by atoms with E-state index < -0.39 is 15.7 Å². The van der Waals surface area contributed by atoms with Gasteiger partial charge in [0.15, 0.2) is 12.2 Å². The van der Waals surface area contributed by atoms with Crippen molar-refractivity contribution in [3.05, 3.63) is 16.7 Å². The molecule has 1 rings (SSSR count). The van der Waals surface area contributed by atoms with E-state index in [2.05, 4.69) is 14.7 Å². The van der Waals surface area contributed by atoms with E-state index in [-0.39, 0.29) is 5.82 Å². The molecule has 0 unspecified atom stereocenters. The summed E-state index contributed by atoms with van der Waals surface area (Å²) in [7, 11) is -2.20. The Morgan fingerprint density at radius 2 is 2.29 bits per heavy atom. The van der Waals surface area contributed by atoms with E-state index in [1.165, 1.54) is 7.11 Å². The molecule has 0 spiro atoms. The highest BCUT2D eigenvalue weighted by atomic mass is 32.2. The van der Waals surface area contributed by atoms with Crippen molar-refractivity contribution in [1.29, 1.82) is 0 Å². The average molecular weight is 219 g/mol. The minimum Gasteiger partial charge on any atom is -0.486 e. The normalized spacial score (nSPS) is 12.1. The second-order valence-corrected chi connectivity index (χ2v) is 4.33. The van der Waals surface area contributed by atoms with E-state index in [1.54, 1.807) is 0 Å². The van der Waals surface area contributed by atoms with Crippen molar-refractivity contribution in [2.24, 2.45) is 4.99 Å². The summed E-state index contributed by atoms with van der Waals surface area (Å²) in [6.45, 7) is 0. The topological polar surface area (TPSA) is 93.5 Å². The highest BCUT2D eigenvalue weighted by Crippen LogP contribution is 2.04. The van der Waals surface area contributed by atoms with Gasteiger partial charge in [0.05, 0.1) is 19.6 Å². The van der Waals surface area contributed by atoms with Gasteiger partial charge >= 0.3 is 5.69 Å². The summed E-state index contributed by atoms with van der Waals surface area (Å²) < 4.78 is 27.1. The molecule has 78 valence electrons. The lowest BCUT2D eigenvalue weighted by Crippen LogP contribution is -2.22. The summed E-state index contributed by atoms with van der Waals surface area (Å²) in [6.07, 6.45) is 3.08. The Balaban J connectivity index is 3.19. The van der Waals surface area contributed by atoms with Gasteiger partial charge < -0.3 is 4.74 Å². The van der Waals surface area contributed by atoms with E-state index in [0.29, 0.717) is 3.97 Å². The van der Waals surface area contributed by atoms with Crippen LogP contribution in [0.4, 0.5) is 5.82 Å². The van der Waals surface area contributed by atoms with Crippen LogP contribution in [-0.2, 0) is 14.8 Å². The lowest BCUT2D eigenvalue weighted by Gasteiger charge is -1.92. The number of methoxy groups -OCH3 is 1. The molecule has 0 aromatic carbocycles. The Bertz CT molecular complexity index is 495. The predicted molar refractivity (Wildman–Crippen MR) is 50.5 cm³/mol. The molecule has 0 amide bonds. The van der Waals surface area contributed by atoms with Gasteiger partial charge in [-0.25, -0.2) is 18.2 Å². The van der Waals surface area contributed by atoms with Gasteiger partial charge in [0.2, 0.25) is 10.0 Å². The van der Waals surface area contributed by atoms with E-state index in [4.69, 9.17) is 0 Å². The molecule has 1 aromatic rings. The second-order valence-electron chi connectivity index (χ2n) is 2.47. The lowest BCUT2D eigenvalue weighted by atomic mass is 10.8. The molecule has 7 nitrogen and oxygen atoms in total. The number of aromatic nitrogens is 2. The molecule has 1 heterocycles. The van der Waals surface area contributed by atoms with Crippen LogP contribution in [0.5, 0.6) is 0 Å². The van der Waals surface area contributed by atoms with Crippen molar-refractivity contribution < 1.29 is 13.2 Å². The Kier molecular flexibility index (Phi) is 2.75. The number of nitrogens with one attached hydrogen (secondary N) is 1. The van der Waals surface area contributed by atoms with Gasteiger partial charge in [-0.1, -0.05) is 0 Å². The Labute approximate surface area is 80.1 Å². The summed E-state index contributed by atoms with van der Waals surface area (Å²) in [5.41, 5.74) is -0.754. The molecule has 0 aliphatic heterocycles. The number of aromatic amines is 1. The van der Waals surface area contributed by atoms with Crippen LogP contribution in [0.15, 0.2) is 16.0 Å². The minimum absolute atomic E-state index is 0.113. The molecule has 8 heteroatoms. The molecule has 14 heavy (non-hydrogen) atoms.